The van der Waals surface area contributed by atoms with Crippen molar-refractivity contribution in [1.29, 1.82) is 0 Å². The van der Waals surface area contributed by atoms with E-state index >= 15 is 0 Å². The Morgan fingerprint density at radius 1 is 1.07 bits per heavy atom. The molecule has 1 aliphatic carbocycles. The van der Waals surface area contributed by atoms with Gasteiger partial charge in [0.2, 0.25) is 0 Å². The molecule has 0 fully saturated rings. The summed E-state index contributed by atoms with van der Waals surface area (Å²) < 4.78 is 8.56. The van der Waals surface area contributed by atoms with Crippen LogP contribution in [0.5, 0.6) is 0 Å². The Balaban J connectivity index is 1.60. The lowest BCUT2D eigenvalue weighted by Crippen LogP contribution is -2.36. The molecule has 0 spiro atoms. The summed E-state index contributed by atoms with van der Waals surface area (Å²) in [5, 5.41) is 0. The van der Waals surface area contributed by atoms with E-state index in [1.807, 2.05) is 24.5 Å². The Morgan fingerprint density at radius 3 is 2.74 bits per heavy atom. The van der Waals surface area contributed by atoms with Gasteiger partial charge in [0.1, 0.15) is 0 Å². The number of allylic oxidation sites excluding steroid dienone is 1. The molecule has 1 aliphatic heterocycles. The quantitative estimate of drug-likeness (QED) is 0.516. The molecule has 2 aliphatic rings. The zero-order valence-electron chi connectivity index (χ0n) is 14.8. The lowest BCUT2D eigenvalue weighted by Gasteiger charge is -2.39. The number of aliphatic imine (C=N–C) groups is 1. The maximum atomic E-state index is 6.45. The molecule has 0 saturated heterocycles. The number of aryl methyl sites for hydroxylation is 1. The fourth-order valence-corrected chi connectivity index (χ4v) is 5.11. The number of nitrogens with zero attached hydrogens (tertiary/aromatic N) is 2. The third kappa shape index (κ3) is 4.42. The standard InChI is InChI=1S/C22H20Br2N2O/c23-18-12-16(13-19(24)14-18)15-27-21-7-6-17-4-1-2-5-20(17)22(21)26-10-3-8-25-9-11-26/h1-5,8-14,21-22H,6-7,15H2/t21-,22-/m1/s1. The summed E-state index contributed by atoms with van der Waals surface area (Å²) in [5.74, 6) is 0. The van der Waals surface area contributed by atoms with Crippen molar-refractivity contribution < 1.29 is 4.74 Å². The monoisotopic (exact) mass is 486 g/mol. The van der Waals surface area contributed by atoms with Crippen molar-refractivity contribution in [2.45, 2.75) is 31.6 Å². The third-order valence-corrected chi connectivity index (χ3v) is 5.80. The second kappa shape index (κ2) is 8.55. The van der Waals surface area contributed by atoms with E-state index in [2.05, 4.69) is 84.4 Å². The third-order valence-electron chi connectivity index (χ3n) is 4.89. The number of hydrogen-bond acceptors (Lipinski definition) is 3. The van der Waals surface area contributed by atoms with Crippen molar-refractivity contribution in [3.63, 3.8) is 0 Å². The van der Waals surface area contributed by atoms with E-state index in [4.69, 9.17) is 4.74 Å². The van der Waals surface area contributed by atoms with Crippen molar-refractivity contribution in [1.82, 2.24) is 4.90 Å². The normalized spacial score (nSPS) is 21.2. The van der Waals surface area contributed by atoms with Gasteiger partial charge in [0.25, 0.3) is 0 Å². The van der Waals surface area contributed by atoms with Crippen LogP contribution in [-0.4, -0.2) is 17.2 Å². The topological polar surface area (TPSA) is 24.8 Å². The van der Waals surface area contributed by atoms with Crippen LogP contribution in [0.3, 0.4) is 0 Å². The van der Waals surface area contributed by atoms with Crippen molar-refractivity contribution >= 4 is 38.1 Å². The minimum Gasteiger partial charge on any atom is -0.371 e. The highest BCUT2D eigenvalue weighted by Crippen LogP contribution is 2.37. The predicted octanol–water partition coefficient (Wildman–Crippen LogP) is 6.16. The second-order valence-corrected chi connectivity index (χ2v) is 8.53. The lowest BCUT2D eigenvalue weighted by atomic mass is 9.84. The van der Waals surface area contributed by atoms with Gasteiger partial charge in [-0.05, 0) is 53.8 Å². The highest BCUT2D eigenvalue weighted by molar-refractivity contribution is 9.11. The number of benzene rings is 2. The highest BCUT2D eigenvalue weighted by atomic mass is 79.9. The zero-order valence-corrected chi connectivity index (χ0v) is 17.9. The van der Waals surface area contributed by atoms with E-state index in [0.717, 1.165) is 27.4 Å². The van der Waals surface area contributed by atoms with Gasteiger partial charge >= 0.3 is 0 Å². The van der Waals surface area contributed by atoms with Crippen molar-refractivity contribution in [2.24, 2.45) is 4.99 Å². The van der Waals surface area contributed by atoms with Crippen LogP contribution < -0.4 is 0 Å². The first-order chi connectivity index (χ1) is 13.2. The number of hydrogen-bond donors (Lipinski definition) is 0. The molecule has 27 heavy (non-hydrogen) atoms. The molecule has 0 aromatic heterocycles. The van der Waals surface area contributed by atoms with Gasteiger partial charge in [-0.3, -0.25) is 4.99 Å². The molecule has 0 N–H and O–H groups in total. The summed E-state index contributed by atoms with van der Waals surface area (Å²) in [7, 11) is 0. The molecule has 4 rings (SSSR count). The Kier molecular flexibility index (Phi) is 5.91. The second-order valence-electron chi connectivity index (χ2n) is 6.69. The van der Waals surface area contributed by atoms with E-state index < -0.39 is 0 Å². The van der Waals surface area contributed by atoms with Gasteiger partial charge in [0, 0.05) is 33.8 Å². The van der Waals surface area contributed by atoms with Gasteiger partial charge in [-0.25, -0.2) is 0 Å². The van der Waals surface area contributed by atoms with Crippen molar-refractivity contribution in [2.75, 3.05) is 0 Å². The van der Waals surface area contributed by atoms with Gasteiger partial charge in [-0.15, -0.1) is 0 Å². The van der Waals surface area contributed by atoms with Crippen LogP contribution in [0, 0.1) is 0 Å². The molecule has 1 heterocycles. The molecule has 0 bridgehead atoms. The summed E-state index contributed by atoms with van der Waals surface area (Å²) >= 11 is 7.12. The first-order valence-electron chi connectivity index (χ1n) is 8.99. The van der Waals surface area contributed by atoms with E-state index in [1.54, 1.807) is 6.21 Å². The fraction of sp³-hybridized carbons (Fsp3) is 0.227. The molecular weight excluding hydrogens is 468 g/mol. The Hall–Kier alpha value is -1.69. The smallest absolute Gasteiger partial charge is 0.0845 e. The van der Waals surface area contributed by atoms with Gasteiger partial charge < -0.3 is 9.64 Å². The maximum absolute atomic E-state index is 6.45. The number of rotatable bonds is 4. The van der Waals surface area contributed by atoms with E-state index in [1.165, 1.54) is 11.1 Å². The van der Waals surface area contributed by atoms with E-state index in [9.17, 15) is 0 Å². The molecule has 2 aromatic rings. The van der Waals surface area contributed by atoms with Crippen molar-refractivity contribution in [3.8, 4) is 0 Å². The maximum Gasteiger partial charge on any atom is 0.0845 e. The number of halogens is 2. The van der Waals surface area contributed by atoms with Crippen LogP contribution in [0.4, 0.5) is 0 Å². The molecular formula is C22H20Br2N2O. The molecule has 5 heteroatoms. The molecule has 3 nitrogen and oxygen atoms in total. The molecule has 0 radical (unpaired) electrons. The molecule has 2 aromatic carbocycles. The first-order valence-corrected chi connectivity index (χ1v) is 10.6. The summed E-state index contributed by atoms with van der Waals surface area (Å²) in [5.41, 5.74) is 3.89. The first kappa shape index (κ1) is 18.7. The molecule has 138 valence electrons. The number of fused-ring (bicyclic) bond motifs is 1. The van der Waals surface area contributed by atoms with Crippen LogP contribution in [0.2, 0.25) is 0 Å². The molecule has 0 unspecified atom stereocenters. The summed E-state index contributed by atoms with van der Waals surface area (Å²) in [4.78, 5) is 6.44. The van der Waals surface area contributed by atoms with Crippen LogP contribution in [0.15, 0.2) is 81.1 Å². The largest absolute Gasteiger partial charge is 0.371 e. The lowest BCUT2D eigenvalue weighted by molar-refractivity contribution is -0.0139. The van der Waals surface area contributed by atoms with E-state index in [0.29, 0.717) is 6.61 Å². The van der Waals surface area contributed by atoms with Gasteiger partial charge in [0.05, 0.1) is 18.8 Å². The molecule has 0 amide bonds. The number of ether oxygens (including phenoxy) is 1. The van der Waals surface area contributed by atoms with Gasteiger partial charge in [-0.2, -0.15) is 0 Å². The van der Waals surface area contributed by atoms with Crippen molar-refractivity contribution in [3.05, 3.63) is 92.8 Å². The molecule has 0 saturated carbocycles. The zero-order chi connectivity index (χ0) is 18.6. The Labute approximate surface area is 176 Å². The van der Waals surface area contributed by atoms with Crippen LogP contribution in [0.25, 0.3) is 0 Å². The average molecular weight is 488 g/mol. The Morgan fingerprint density at radius 2 is 1.89 bits per heavy atom. The SMILES string of the molecule is Brc1cc(Br)cc(CO[C@@H]2CCc3ccccc3[C@H]2N2C=CC=NC=C2)c1. The van der Waals surface area contributed by atoms with Crippen LogP contribution >= 0.6 is 31.9 Å². The van der Waals surface area contributed by atoms with Gasteiger partial charge in [0.15, 0.2) is 0 Å². The van der Waals surface area contributed by atoms with Gasteiger partial charge in [-0.1, -0.05) is 56.1 Å². The minimum atomic E-state index is 0.102. The Bertz CT molecular complexity index is 871. The minimum absolute atomic E-state index is 0.102. The van der Waals surface area contributed by atoms with Crippen LogP contribution in [0.1, 0.15) is 29.2 Å². The highest BCUT2D eigenvalue weighted by Gasteiger charge is 2.33. The summed E-state index contributed by atoms with van der Waals surface area (Å²) in [6.07, 6.45) is 11.8. The fourth-order valence-electron chi connectivity index (χ4n) is 3.72. The predicted molar refractivity (Wildman–Crippen MR) is 117 cm³/mol. The average Bonchev–Trinajstić information content (AvgIpc) is 2.94. The van der Waals surface area contributed by atoms with Crippen LogP contribution in [-0.2, 0) is 17.8 Å². The summed E-state index contributed by atoms with van der Waals surface area (Å²) in [6.45, 7) is 0.582. The van der Waals surface area contributed by atoms with E-state index in [-0.39, 0.29) is 12.1 Å². The summed E-state index contributed by atoms with van der Waals surface area (Å²) in [6, 6.07) is 15.1. The molecule has 2 atom stereocenters.